The van der Waals surface area contributed by atoms with Gasteiger partial charge in [-0.05, 0) is 18.6 Å². The second kappa shape index (κ2) is 5.82. The highest BCUT2D eigenvalue weighted by Crippen LogP contribution is 2.32. The SMILES string of the molecule is CCCCC1OC(c2cnco2)=CN1c1ccccc1. The highest BCUT2D eigenvalue weighted by atomic mass is 16.5. The van der Waals surface area contributed by atoms with Gasteiger partial charge in [-0.25, -0.2) is 4.98 Å². The Morgan fingerprint density at radius 1 is 1.25 bits per heavy atom. The zero-order valence-corrected chi connectivity index (χ0v) is 11.5. The van der Waals surface area contributed by atoms with Crippen LogP contribution in [0.3, 0.4) is 0 Å². The van der Waals surface area contributed by atoms with Crippen molar-refractivity contribution in [3.63, 3.8) is 0 Å². The molecule has 1 atom stereocenters. The summed E-state index contributed by atoms with van der Waals surface area (Å²) in [4.78, 5) is 6.11. The molecule has 20 heavy (non-hydrogen) atoms. The molecule has 3 rings (SSSR count). The molecule has 1 aromatic carbocycles. The number of benzene rings is 1. The minimum absolute atomic E-state index is 0.0254. The second-order valence-electron chi connectivity index (χ2n) is 4.82. The lowest BCUT2D eigenvalue weighted by molar-refractivity contribution is 0.174. The Bertz CT molecular complexity index is 563. The van der Waals surface area contributed by atoms with Gasteiger partial charge < -0.3 is 14.1 Å². The molecule has 0 bridgehead atoms. The van der Waals surface area contributed by atoms with Gasteiger partial charge in [-0.3, -0.25) is 0 Å². The Morgan fingerprint density at radius 2 is 2.10 bits per heavy atom. The topological polar surface area (TPSA) is 38.5 Å². The summed E-state index contributed by atoms with van der Waals surface area (Å²) in [5.41, 5.74) is 1.13. The Labute approximate surface area is 118 Å². The molecule has 0 saturated carbocycles. The van der Waals surface area contributed by atoms with E-state index in [2.05, 4.69) is 28.9 Å². The van der Waals surface area contributed by atoms with Gasteiger partial charge in [0.1, 0.15) is 0 Å². The number of oxazole rings is 1. The summed E-state index contributed by atoms with van der Waals surface area (Å²) < 4.78 is 11.4. The van der Waals surface area contributed by atoms with Crippen LogP contribution in [0.1, 0.15) is 31.9 Å². The third-order valence-corrected chi connectivity index (χ3v) is 3.36. The van der Waals surface area contributed by atoms with Crippen LogP contribution in [0.4, 0.5) is 5.69 Å². The standard InChI is InChI=1S/C16H18N2O2/c1-2-3-9-16-18(13-7-5-4-6-8-13)11-15(20-16)14-10-17-12-19-14/h4-8,10-12,16H,2-3,9H2,1H3. The summed E-state index contributed by atoms with van der Waals surface area (Å²) in [6.45, 7) is 2.19. The molecule has 0 amide bonds. The van der Waals surface area contributed by atoms with Gasteiger partial charge in [0.25, 0.3) is 0 Å². The van der Waals surface area contributed by atoms with Crippen LogP contribution in [-0.4, -0.2) is 11.2 Å². The van der Waals surface area contributed by atoms with Crippen LogP contribution in [-0.2, 0) is 4.74 Å². The molecule has 0 spiro atoms. The van der Waals surface area contributed by atoms with Crippen molar-refractivity contribution in [2.24, 2.45) is 0 Å². The van der Waals surface area contributed by atoms with E-state index >= 15 is 0 Å². The van der Waals surface area contributed by atoms with Crippen LogP contribution in [0.15, 0.2) is 53.5 Å². The van der Waals surface area contributed by atoms with Crippen molar-refractivity contribution >= 4 is 11.4 Å². The van der Waals surface area contributed by atoms with Gasteiger partial charge in [0.05, 0.1) is 12.4 Å². The smallest absolute Gasteiger partial charge is 0.190 e. The molecule has 0 fully saturated rings. The van der Waals surface area contributed by atoms with Crippen molar-refractivity contribution in [3.05, 3.63) is 54.9 Å². The monoisotopic (exact) mass is 270 g/mol. The van der Waals surface area contributed by atoms with Crippen LogP contribution in [0, 0.1) is 0 Å². The van der Waals surface area contributed by atoms with Gasteiger partial charge in [-0.15, -0.1) is 0 Å². The Morgan fingerprint density at radius 3 is 2.80 bits per heavy atom. The minimum atomic E-state index is 0.0254. The third kappa shape index (κ3) is 2.54. The minimum Gasteiger partial charge on any atom is -0.465 e. The van der Waals surface area contributed by atoms with E-state index in [9.17, 15) is 0 Å². The number of rotatable bonds is 5. The molecule has 1 aromatic heterocycles. The number of aromatic nitrogens is 1. The fourth-order valence-corrected chi connectivity index (χ4v) is 2.32. The first-order chi connectivity index (χ1) is 9.88. The van der Waals surface area contributed by atoms with E-state index in [0.717, 1.165) is 30.7 Å². The lowest BCUT2D eigenvalue weighted by Gasteiger charge is -2.24. The van der Waals surface area contributed by atoms with Gasteiger partial charge in [-0.1, -0.05) is 31.5 Å². The molecule has 4 nitrogen and oxygen atoms in total. The van der Waals surface area contributed by atoms with E-state index in [1.54, 1.807) is 6.20 Å². The molecule has 0 aliphatic carbocycles. The van der Waals surface area contributed by atoms with Crippen LogP contribution >= 0.6 is 0 Å². The quantitative estimate of drug-likeness (QED) is 0.822. The van der Waals surface area contributed by atoms with Gasteiger partial charge in [-0.2, -0.15) is 0 Å². The fraction of sp³-hybridized carbons (Fsp3) is 0.312. The van der Waals surface area contributed by atoms with E-state index in [1.165, 1.54) is 6.39 Å². The summed E-state index contributed by atoms with van der Waals surface area (Å²) in [7, 11) is 0. The first-order valence-corrected chi connectivity index (χ1v) is 6.99. The van der Waals surface area contributed by atoms with Crippen LogP contribution in [0.5, 0.6) is 0 Å². The lowest BCUT2D eigenvalue weighted by atomic mass is 10.2. The van der Waals surface area contributed by atoms with Gasteiger partial charge >= 0.3 is 0 Å². The average molecular weight is 270 g/mol. The first-order valence-electron chi connectivity index (χ1n) is 6.99. The van der Waals surface area contributed by atoms with Crippen molar-refractivity contribution in [3.8, 4) is 0 Å². The highest BCUT2D eigenvalue weighted by Gasteiger charge is 2.28. The molecule has 1 unspecified atom stereocenters. The summed E-state index contributed by atoms with van der Waals surface area (Å²) in [5, 5.41) is 0. The highest BCUT2D eigenvalue weighted by molar-refractivity contribution is 5.64. The largest absolute Gasteiger partial charge is 0.465 e. The Kier molecular flexibility index (Phi) is 3.72. The number of nitrogens with zero attached hydrogens (tertiary/aromatic N) is 2. The van der Waals surface area contributed by atoms with Gasteiger partial charge in [0.2, 0.25) is 0 Å². The zero-order chi connectivity index (χ0) is 13.8. The number of hydrogen-bond acceptors (Lipinski definition) is 4. The molecule has 0 N–H and O–H groups in total. The molecular formula is C16H18N2O2. The van der Waals surface area contributed by atoms with Crippen LogP contribution in [0.25, 0.3) is 5.76 Å². The molecule has 1 aliphatic rings. The lowest BCUT2D eigenvalue weighted by Crippen LogP contribution is -2.27. The van der Waals surface area contributed by atoms with Crippen molar-refractivity contribution in [2.45, 2.75) is 32.4 Å². The number of unbranched alkanes of at least 4 members (excludes halogenated alkanes) is 1. The zero-order valence-electron chi connectivity index (χ0n) is 11.5. The molecule has 104 valence electrons. The molecular weight excluding hydrogens is 252 g/mol. The maximum absolute atomic E-state index is 6.03. The molecule has 2 aromatic rings. The van der Waals surface area contributed by atoms with Crippen LogP contribution < -0.4 is 4.90 Å². The summed E-state index contributed by atoms with van der Waals surface area (Å²) in [5.74, 6) is 1.41. The number of ether oxygens (including phenoxy) is 1. The molecule has 4 heteroatoms. The Balaban J connectivity index is 1.86. The van der Waals surface area contributed by atoms with E-state index in [0.29, 0.717) is 5.76 Å². The predicted molar refractivity (Wildman–Crippen MR) is 77.8 cm³/mol. The number of anilines is 1. The van der Waals surface area contributed by atoms with Gasteiger partial charge in [0, 0.05) is 12.1 Å². The predicted octanol–water partition coefficient (Wildman–Crippen LogP) is 4.03. The molecule has 1 aliphatic heterocycles. The maximum Gasteiger partial charge on any atom is 0.190 e. The van der Waals surface area contributed by atoms with E-state index in [-0.39, 0.29) is 6.23 Å². The Hall–Kier alpha value is -2.23. The van der Waals surface area contributed by atoms with Crippen molar-refractivity contribution in [1.82, 2.24) is 4.98 Å². The van der Waals surface area contributed by atoms with Gasteiger partial charge in [0.15, 0.2) is 24.1 Å². The van der Waals surface area contributed by atoms with Crippen molar-refractivity contribution in [2.75, 3.05) is 4.90 Å². The fourth-order valence-electron chi connectivity index (χ4n) is 2.32. The maximum atomic E-state index is 6.03. The van der Waals surface area contributed by atoms with E-state index < -0.39 is 0 Å². The second-order valence-corrected chi connectivity index (χ2v) is 4.82. The normalized spacial score (nSPS) is 17.9. The summed E-state index contributed by atoms with van der Waals surface area (Å²) >= 11 is 0. The number of hydrogen-bond donors (Lipinski definition) is 0. The molecule has 2 heterocycles. The summed E-state index contributed by atoms with van der Waals surface area (Å²) in [6.07, 6.45) is 8.39. The third-order valence-electron chi connectivity index (χ3n) is 3.36. The van der Waals surface area contributed by atoms with Crippen molar-refractivity contribution in [1.29, 1.82) is 0 Å². The van der Waals surface area contributed by atoms with E-state index in [1.807, 2.05) is 24.4 Å². The van der Waals surface area contributed by atoms with E-state index in [4.69, 9.17) is 9.15 Å². The number of para-hydroxylation sites is 1. The first kappa shape index (κ1) is 12.8. The average Bonchev–Trinajstić information content (AvgIpc) is 3.15. The van der Waals surface area contributed by atoms with Crippen molar-refractivity contribution < 1.29 is 9.15 Å². The van der Waals surface area contributed by atoms with Crippen LogP contribution in [0.2, 0.25) is 0 Å². The molecule has 0 saturated heterocycles. The summed E-state index contributed by atoms with van der Waals surface area (Å²) in [6, 6.07) is 10.3. The molecule has 0 radical (unpaired) electrons.